The zero-order chi connectivity index (χ0) is 14.9. The van der Waals surface area contributed by atoms with Crippen molar-refractivity contribution in [2.75, 3.05) is 6.54 Å². The minimum Gasteiger partial charge on any atom is -0.481 e. The lowest BCUT2D eigenvalue weighted by molar-refractivity contribution is -0.146. The molecule has 8 heteroatoms. The maximum Gasteiger partial charge on any atom is 0.310 e. The van der Waals surface area contributed by atoms with Crippen LogP contribution in [-0.4, -0.2) is 40.5 Å². The van der Waals surface area contributed by atoms with Crippen LogP contribution < -0.4 is 5.32 Å². The van der Waals surface area contributed by atoms with Gasteiger partial charge in [0.15, 0.2) is 0 Å². The quantitative estimate of drug-likeness (QED) is 0.430. The number of rotatable bonds is 6. The average molecular weight is 300 g/mol. The molecule has 2 N–H and O–H groups in total. The fraction of sp³-hybridized carbons (Fsp3) is 0.667. The summed E-state index contributed by atoms with van der Waals surface area (Å²) in [6, 6.07) is 0. The van der Waals surface area contributed by atoms with Crippen LogP contribution in [0.3, 0.4) is 0 Å². The van der Waals surface area contributed by atoms with Crippen LogP contribution in [0.15, 0.2) is 16.7 Å². The van der Waals surface area contributed by atoms with E-state index in [1.54, 1.807) is 26.0 Å². The Balaban J connectivity index is 2.00. The fourth-order valence-electron chi connectivity index (χ4n) is 2.47. The van der Waals surface area contributed by atoms with Crippen LogP contribution in [0, 0.1) is 16.7 Å². The number of ether oxygens (including phenoxy) is 1. The molecule has 7 nitrogen and oxygen atoms in total. The monoisotopic (exact) mass is 300 g/mol. The predicted octanol–water partition coefficient (Wildman–Crippen LogP) is 0.950. The molecule has 110 valence electrons. The van der Waals surface area contributed by atoms with Gasteiger partial charge in [-0.2, -0.15) is 0 Å². The lowest BCUT2D eigenvalue weighted by Crippen LogP contribution is -2.45. The molecule has 20 heavy (non-hydrogen) atoms. The number of carboxylic acids is 1. The maximum atomic E-state index is 12.2. The predicted molar refractivity (Wildman–Crippen MR) is 72.9 cm³/mol. The summed E-state index contributed by atoms with van der Waals surface area (Å²) in [6.07, 6.45) is 2.39. The molecule has 2 heterocycles. The van der Waals surface area contributed by atoms with E-state index in [9.17, 15) is 19.6 Å². The van der Waals surface area contributed by atoms with E-state index in [-0.39, 0.29) is 12.5 Å². The second-order valence-corrected chi connectivity index (χ2v) is 6.92. The van der Waals surface area contributed by atoms with E-state index in [1.165, 1.54) is 0 Å². The molecular weight excluding hydrogens is 284 g/mol. The number of nitrogens with zero attached hydrogens (tertiary/aromatic N) is 1. The van der Waals surface area contributed by atoms with Crippen LogP contribution in [0.5, 0.6) is 0 Å². The average Bonchev–Trinajstić information content (AvgIpc) is 2.95. The molecule has 1 fully saturated rings. The summed E-state index contributed by atoms with van der Waals surface area (Å²) in [5.41, 5.74) is 0. The van der Waals surface area contributed by atoms with E-state index >= 15 is 0 Å². The van der Waals surface area contributed by atoms with E-state index in [2.05, 4.69) is 9.90 Å². The van der Waals surface area contributed by atoms with E-state index in [0.29, 0.717) is 0 Å². The summed E-state index contributed by atoms with van der Waals surface area (Å²) >= 11 is 0.834. The molecule has 2 bridgehead atoms. The van der Waals surface area contributed by atoms with Gasteiger partial charge in [0.2, 0.25) is 5.91 Å². The summed E-state index contributed by atoms with van der Waals surface area (Å²) in [4.78, 5) is 33.7. The second-order valence-electron chi connectivity index (χ2n) is 5.48. The first-order valence-electron chi connectivity index (χ1n) is 6.21. The van der Waals surface area contributed by atoms with Crippen molar-refractivity contribution in [3.63, 3.8) is 0 Å². The van der Waals surface area contributed by atoms with Crippen LogP contribution in [0.25, 0.3) is 0 Å². The molecule has 4 atom stereocenters. The van der Waals surface area contributed by atoms with Crippen molar-refractivity contribution < 1.29 is 19.4 Å². The molecule has 1 amide bonds. The molecule has 0 saturated carbocycles. The third-order valence-electron chi connectivity index (χ3n) is 3.46. The minimum absolute atomic E-state index is 0.228. The molecule has 1 saturated heterocycles. The molecule has 0 aromatic carbocycles. The Labute approximate surface area is 120 Å². The topological polar surface area (TPSA) is 105 Å². The van der Waals surface area contributed by atoms with Gasteiger partial charge in [-0.05, 0) is 13.8 Å². The summed E-state index contributed by atoms with van der Waals surface area (Å²) < 4.78 is 7.65. The summed E-state index contributed by atoms with van der Waals surface area (Å²) in [7, 11) is 0. The molecule has 4 unspecified atom stereocenters. The van der Waals surface area contributed by atoms with Crippen molar-refractivity contribution >= 4 is 23.8 Å². The fourth-order valence-corrected chi connectivity index (χ4v) is 2.80. The number of carbonyl (C=O) groups excluding carboxylic acids is 1. The number of nitroso groups, excluding NO2 is 1. The summed E-state index contributed by atoms with van der Waals surface area (Å²) in [6.45, 7) is 3.77. The molecule has 0 spiro atoms. The standard InChI is InChI=1S/C12H16N2O5S/c1-12(2,20-14-18)5-13-10(15)8-6-3-4-7(19-6)9(8)11(16)17/h3-4,6-9H,5H2,1-2H3,(H,13,15)(H,16,17). The SMILES string of the molecule is CC(C)(CNC(=O)C1C2C=CC(O2)C1C(=O)O)SN=O. The van der Waals surface area contributed by atoms with Gasteiger partial charge in [0.25, 0.3) is 0 Å². The van der Waals surface area contributed by atoms with Gasteiger partial charge in [0.05, 0.1) is 22.9 Å². The number of hydrogen-bond donors (Lipinski definition) is 2. The highest BCUT2D eigenvalue weighted by atomic mass is 32.2. The van der Waals surface area contributed by atoms with Gasteiger partial charge in [-0.15, -0.1) is 4.91 Å². The van der Waals surface area contributed by atoms with E-state index in [1.807, 2.05) is 0 Å². The molecule has 0 aliphatic carbocycles. The molecule has 0 radical (unpaired) electrons. The van der Waals surface area contributed by atoms with Gasteiger partial charge < -0.3 is 15.2 Å². The maximum absolute atomic E-state index is 12.2. The third kappa shape index (κ3) is 2.85. The number of hydrogen-bond acceptors (Lipinski definition) is 6. The molecule has 0 aromatic rings. The largest absolute Gasteiger partial charge is 0.481 e. The number of nitrogens with one attached hydrogen (secondary N) is 1. The minimum atomic E-state index is -1.04. The highest BCUT2D eigenvalue weighted by molar-refractivity contribution is 7.99. The van der Waals surface area contributed by atoms with Crippen molar-refractivity contribution in [1.29, 1.82) is 0 Å². The van der Waals surface area contributed by atoms with Crippen LogP contribution in [0.4, 0.5) is 0 Å². The summed E-state index contributed by atoms with van der Waals surface area (Å²) in [5, 5.41) is 11.9. The van der Waals surface area contributed by atoms with Crippen LogP contribution >= 0.6 is 11.9 Å². The van der Waals surface area contributed by atoms with Gasteiger partial charge in [0, 0.05) is 23.1 Å². The first-order chi connectivity index (χ1) is 9.35. The number of carboxylic acid groups (broad SMARTS) is 1. The van der Waals surface area contributed by atoms with Crippen molar-refractivity contribution in [3.05, 3.63) is 17.1 Å². The Morgan fingerprint density at radius 3 is 2.50 bits per heavy atom. The molecule has 2 aliphatic rings. The highest BCUT2D eigenvalue weighted by Gasteiger charge is 2.53. The number of carbonyl (C=O) groups is 2. The zero-order valence-corrected chi connectivity index (χ0v) is 11.9. The number of aliphatic carboxylic acids is 1. The second kappa shape index (κ2) is 5.53. The third-order valence-corrected chi connectivity index (χ3v) is 4.17. The van der Waals surface area contributed by atoms with Crippen LogP contribution in [-0.2, 0) is 14.3 Å². The Morgan fingerprint density at radius 1 is 1.35 bits per heavy atom. The molecule has 2 rings (SSSR count). The van der Waals surface area contributed by atoms with E-state index in [0.717, 1.165) is 11.9 Å². The van der Waals surface area contributed by atoms with Gasteiger partial charge in [-0.1, -0.05) is 12.2 Å². The van der Waals surface area contributed by atoms with E-state index in [4.69, 9.17) is 4.74 Å². The van der Waals surface area contributed by atoms with Crippen LogP contribution in [0.2, 0.25) is 0 Å². The van der Waals surface area contributed by atoms with Crippen molar-refractivity contribution in [2.45, 2.75) is 30.8 Å². The van der Waals surface area contributed by atoms with E-state index < -0.39 is 34.8 Å². The highest BCUT2D eigenvalue weighted by Crippen LogP contribution is 2.39. The van der Waals surface area contributed by atoms with Gasteiger partial charge in [0.1, 0.15) is 5.92 Å². The number of amides is 1. The van der Waals surface area contributed by atoms with Crippen molar-refractivity contribution in [3.8, 4) is 0 Å². The smallest absolute Gasteiger partial charge is 0.310 e. The van der Waals surface area contributed by atoms with Gasteiger partial charge >= 0.3 is 5.97 Å². The Kier molecular flexibility index (Phi) is 4.14. The van der Waals surface area contributed by atoms with Crippen LogP contribution in [0.1, 0.15) is 13.8 Å². The first kappa shape index (κ1) is 15.0. The lowest BCUT2D eigenvalue weighted by atomic mass is 9.82. The molecule has 0 aromatic heterocycles. The summed E-state index contributed by atoms with van der Waals surface area (Å²) in [5.74, 6) is -2.99. The van der Waals surface area contributed by atoms with Crippen molar-refractivity contribution in [1.82, 2.24) is 5.32 Å². The Hall–Kier alpha value is -1.41. The first-order valence-corrected chi connectivity index (χ1v) is 6.98. The normalized spacial score (nSPS) is 31.3. The number of fused-ring (bicyclic) bond motifs is 2. The Morgan fingerprint density at radius 2 is 1.95 bits per heavy atom. The van der Waals surface area contributed by atoms with Crippen molar-refractivity contribution in [2.24, 2.45) is 16.4 Å². The lowest BCUT2D eigenvalue weighted by Gasteiger charge is -2.24. The van der Waals surface area contributed by atoms with Gasteiger partial charge in [-0.25, -0.2) is 0 Å². The Bertz CT molecular complexity index is 465. The molecular formula is C12H16N2O5S. The molecule has 2 aliphatic heterocycles. The van der Waals surface area contributed by atoms with Gasteiger partial charge in [-0.3, -0.25) is 9.59 Å². The zero-order valence-electron chi connectivity index (χ0n) is 11.1.